The third-order valence-electron chi connectivity index (χ3n) is 4.24. The Labute approximate surface area is 102 Å². The molecule has 3 unspecified atom stereocenters. The third kappa shape index (κ3) is 4.42. The van der Waals surface area contributed by atoms with Gasteiger partial charge in [0, 0.05) is 12.1 Å². The van der Waals surface area contributed by atoms with E-state index in [1.165, 1.54) is 45.1 Å². The van der Waals surface area contributed by atoms with E-state index in [2.05, 4.69) is 25.8 Å². The largest absolute Gasteiger partial charge is 0.328 e. The molecule has 0 saturated heterocycles. The predicted octanol–water partition coefficient (Wildman–Crippen LogP) is 3.01. The summed E-state index contributed by atoms with van der Waals surface area (Å²) in [5, 5.41) is 0. The predicted molar refractivity (Wildman–Crippen MR) is 71.6 cm³/mol. The second-order valence-electron chi connectivity index (χ2n) is 5.62. The van der Waals surface area contributed by atoms with E-state index in [9.17, 15) is 0 Å². The third-order valence-corrected chi connectivity index (χ3v) is 4.24. The molecule has 0 amide bonds. The minimum absolute atomic E-state index is 0.414. The van der Waals surface area contributed by atoms with Gasteiger partial charge < -0.3 is 10.6 Å². The van der Waals surface area contributed by atoms with Crippen LogP contribution in [0.2, 0.25) is 0 Å². The van der Waals surface area contributed by atoms with E-state index in [4.69, 9.17) is 5.73 Å². The van der Waals surface area contributed by atoms with Crippen LogP contribution in [-0.2, 0) is 0 Å². The zero-order valence-electron chi connectivity index (χ0n) is 11.4. The van der Waals surface area contributed by atoms with E-state index >= 15 is 0 Å². The molecule has 16 heavy (non-hydrogen) atoms. The number of nitrogens with two attached hydrogens (primary N) is 1. The van der Waals surface area contributed by atoms with Crippen molar-refractivity contribution >= 4 is 0 Å². The van der Waals surface area contributed by atoms with Crippen molar-refractivity contribution in [3.05, 3.63) is 0 Å². The molecular formula is C14H30N2. The van der Waals surface area contributed by atoms with Crippen LogP contribution in [0.15, 0.2) is 0 Å². The molecular weight excluding hydrogens is 196 g/mol. The molecule has 1 fully saturated rings. The summed E-state index contributed by atoms with van der Waals surface area (Å²) in [6.07, 6.45) is 9.24. The minimum atomic E-state index is 0.414. The molecule has 3 atom stereocenters. The van der Waals surface area contributed by atoms with Gasteiger partial charge in [0.2, 0.25) is 0 Å². The molecule has 1 rings (SSSR count). The van der Waals surface area contributed by atoms with Gasteiger partial charge in [0.1, 0.15) is 0 Å². The molecule has 0 aliphatic heterocycles. The first-order valence-corrected chi connectivity index (χ1v) is 7.11. The van der Waals surface area contributed by atoms with Gasteiger partial charge in [-0.3, -0.25) is 0 Å². The summed E-state index contributed by atoms with van der Waals surface area (Å²) in [5.41, 5.74) is 5.95. The molecule has 2 heteroatoms. The number of hydrogen-bond donors (Lipinski definition) is 1. The summed E-state index contributed by atoms with van der Waals surface area (Å²) in [4.78, 5) is 2.58. The SMILES string of the molecule is CCC(N)CCCN(C)C1CCCCC1C. The lowest BCUT2D eigenvalue weighted by atomic mass is 9.85. The zero-order chi connectivity index (χ0) is 12.0. The number of nitrogens with zero attached hydrogens (tertiary/aromatic N) is 1. The van der Waals surface area contributed by atoms with Crippen molar-refractivity contribution in [3.63, 3.8) is 0 Å². The molecule has 0 spiro atoms. The Balaban J connectivity index is 2.20. The van der Waals surface area contributed by atoms with Gasteiger partial charge in [0.05, 0.1) is 0 Å². The van der Waals surface area contributed by atoms with E-state index in [0.29, 0.717) is 6.04 Å². The smallest absolute Gasteiger partial charge is 0.0118 e. The second-order valence-corrected chi connectivity index (χ2v) is 5.62. The first kappa shape index (κ1) is 14.0. The van der Waals surface area contributed by atoms with Crippen molar-refractivity contribution < 1.29 is 0 Å². The van der Waals surface area contributed by atoms with Crippen LogP contribution in [0.4, 0.5) is 0 Å². The van der Waals surface area contributed by atoms with Crippen LogP contribution in [0.3, 0.4) is 0 Å². The Bertz CT molecular complexity index is 182. The van der Waals surface area contributed by atoms with E-state index in [0.717, 1.165) is 18.4 Å². The van der Waals surface area contributed by atoms with Gasteiger partial charge in [-0.15, -0.1) is 0 Å². The van der Waals surface area contributed by atoms with Crippen molar-refractivity contribution in [1.82, 2.24) is 4.90 Å². The highest BCUT2D eigenvalue weighted by atomic mass is 15.1. The van der Waals surface area contributed by atoms with E-state index in [-0.39, 0.29) is 0 Å². The van der Waals surface area contributed by atoms with Crippen LogP contribution < -0.4 is 5.73 Å². The summed E-state index contributed by atoms with van der Waals surface area (Å²) in [6, 6.07) is 1.24. The molecule has 0 aromatic rings. The van der Waals surface area contributed by atoms with Gasteiger partial charge >= 0.3 is 0 Å². The van der Waals surface area contributed by atoms with Gasteiger partial charge in [0.25, 0.3) is 0 Å². The van der Waals surface area contributed by atoms with Crippen LogP contribution in [0, 0.1) is 5.92 Å². The highest BCUT2D eigenvalue weighted by Gasteiger charge is 2.24. The maximum absolute atomic E-state index is 5.95. The van der Waals surface area contributed by atoms with Crippen LogP contribution in [0.25, 0.3) is 0 Å². The van der Waals surface area contributed by atoms with Gasteiger partial charge in [-0.2, -0.15) is 0 Å². The molecule has 0 bridgehead atoms. The quantitative estimate of drug-likeness (QED) is 0.754. The molecule has 2 N–H and O–H groups in total. The Morgan fingerprint density at radius 2 is 2.00 bits per heavy atom. The molecule has 0 heterocycles. The maximum Gasteiger partial charge on any atom is 0.0118 e. The topological polar surface area (TPSA) is 29.3 Å². The lowest BCUT2D eigenvalue weighted by Gasteiger charge is -2.36. The molecule has 0 aromatic heterocycles. The fraction of sp³-hybridized carbons (Fsp3) is 1.00. The van der Waals surface area contributed by atoms with Gasteiger partial charge in [-0.05, 0) is 51.6 Å². The van der Waals surface area contributed by atoms with Gasteiger partial charge in [-0.25, -0.2) is 0 Å². The normalized spacial score (nSPS) is 28.3. The van der Waals surface area contributed by atoms with Crippen molar-refractivity contribution in [2.75, 3.05) is 13.6 Å². The molecule has 96 valence electrons. The lowest BCUT2D eigenvalue weighted by molar-refractivity contribution is 0.137. The zero-order valence-corrected chi connectivity index (χ0v) is 11.4. The highest BCUT2D eigenvalue weighted by Crippen LogP contribution is 2.27. The summed E-state index contributed by atoms with van der Waals surface area (Å²) in [7, 11) is 2.30. The molecule has 1 aliphatic carbocycles. The Morgan fingerprint density at radius 1 is 1.31 bits per heavy atom. The van der Waals surface area contributed by atoms with Crippen molar-refractivity contribution in [2.24, 2.45) is 11.7 Å². The molecule has 0 aromatic carbocycles. The van der Waals surface area contributed by atoms with Crippen molar-refractivity contribution in [2.45, 2.75) is 70.9 Å². The Morgan fingerprint density at radius 3 is 2.62 bits per heavy atom. The first-order chi connectivity index (χ1) is 7.65. The van der Waals surface area contributed by atoms with E-state index in [1.54, 1.807) is 0 Å². The fourth-order valence-corrected chi connectivity index (χ4v) is 2.92. The number of rotatable bonds is 6. The second kappa shape index (κ2) is 7.29. The summed E-state index contributed by atoms with van der Waals surface area (Å²) >= 11 is 0. The van der Waals surface area contributed by atoms with E-state index < -0.39 is 0 Å². The van der Waals surface area contributed by atoms with Gasteiger partial charge in [-0.1, -0.05) is 26.7 Å². The molecule has 1 saturated carbocycles. The minimum Gasteiger partial charge on any atom is -0.328 e. The van der Waals surface area contributed by atoms with Crippen molar-refractivity contribution in [3.8, 4) is 0 Å². The van der Waals surface area contributed by atoms with Gasteiger partial charge in [0.15, 0.2) is 0 Å². The summed E-state index contributed by atoms with van der Waals surface area (Å²) in [5.74, 6) is 0.888. The van der Waals surface area contributed by atoms with E-state index in [1.807, 2.05) is 0 Å². The Kier molecular flexibility index (Phi) is 6.37. The summed E-state index contributed by atoms with van der Waals surface area (Å²) in [6.45, 7) is 5.82. The molecule has 0 radical (unpaired) electrons. The maximum atomic E-state index is 5.95. The number of hydrogen-bond acceptors (Lipinski definition) is 2. The highest BCUT2D eigenvalue weighted by molar-refractivity contribution is 4.79. The molecule has 2 nitrogen and oxygen atoms in total. The molecule has 1 aliphatic rings. The fourth-order valence-electron chi connectivity index (χ4n) is 2.92. The van der Waals surface area contributed by atoms with Crippen LogP contribution >= 0.6 is 0 Å². The average molecular weight is 226 g/mol. The van der Waals surface area contributed by atoms with Crippen LogP contribution in [0.1, 0.15) is 58.8 Å². The van der Waals surface area contributed by atoms with Crippen LogP contribution in [0.5, 0.6) is 0 Å². The first-order valence-electron chi connectivity index (χ1n) is 7.11. The Hall–Kier alpha value is -0.0800. The van der Waals surface area contributed by atoms with Crippen LogP contribution in [-0.4, -0.2) is 30.6 Å². The monoisotopic (exact) mass is 226 g/mol. The van der Waals surface area contributed by atoms with Crippen molar-refractivity contribution in [1.29, 1.82) is 0 Å². The standard InChI is InChI=1S/C14H30N2/c1-4-13(15)9-7-11-16(3)14-10-6-5-8-12(14)2/h12-14H,4-11,15H2,1-3H3. The average Bonchev–Trinajstić information content (AvgIpc) is 2.29. The summed E-state index contributed by atoms with van der Waals surface area (Å²) < 4.78 is 0. The lowest BCUT2D eigenvalue weighted by Crippen LogP contribution is -2.39.